The molecule has 1 aromatic carbocycles. The van der Waals surface area contributed by atoms with Gasteiger partial charge in [-0.2, -0.15) is 0 Å². The van der Waals surface area contributed by atoms with Crippen molar-refractivity contribution >= 4 is 40.6 Å². The van der Waals surface area contributed by atoms with Crippen LogP contribution in [-0.4, -0.2) is 18.1 Å². The van der Waals surface area contributed by atoms with E-state index in [1.807, 2.05) is 48.0 Å². The van der Waals surface area contributed by atoms with Crippen LogP contribution in [0.2, 0.25) is 0 Å². The molecule has 3 rings (SSSR count). The summed E-state index contributed by atoms with van der Waals surface area (Å²) < 4.78 is 5.67. The van der Waals surface area contributed by atoms with E-state index in [1.165, 1.54) is 11.8 Å². The van der Waals surface area contributed by atoms with Crippen molar-refractivity contribution in [3.8, 4) is 10.6 Å². The van der Waals surface area contributed by atoms with E-state index in [9.17, 15) is 9.59 Å². The van der Waals surface area contributed by atoms with Crippen LogP contribution in [0, 0.1) is 0 Å². The highest BCUT2D eigenvalue weighted by molar-refractivity contribution is 7.98. The van der Waals surface area contributed by atoms with E-state index in [1.54, 1.807) is 23.5 Å². The molecule has 0 saturated heterocycles. The smallest absolute Gasteiger partial charge is 0.313 e. The van der Waals surface area contributed by atoms with Crippen LogP contribution in [0.4, 0.5) is 5.69 Å². The highest BCUT2D eigenvalue weighted by Gasteiger charge is 2.15. The van der Waals surface area contributed by atoms with Gasteiger partial charge in [-0.05, 0) is 42.0 Å². The molecule has 7 heteroatoms. The predicted molar refractivity (Wildman–Crippen MR) is 101 cm³/mol. The molecular weight excluding hydrogens is 356 g/mol. The Morgan fingerprint density at radius 1 is 1.08 bits per heavy atom. The summed E-state index contributed by atoms with van der Waals surface area (Å²) in [5.41, 5.74) is 0.619. The number of hydrogen-bond donors (Lipinski definition) is 2. The zero-order valence-corrected chi connectivity index (χ0v) is 15.1. The van der Waals surface area contributed by atoms with Gasteiger partial charge >= 0.3 is 11.8 Å². The van der Waals surface area contributed by atoms with Gasteiger partial charge in [-0.3, -0.25) is 9.59 Å². The predicted octanol–water partition coefficient (Wildman–Crippen LogP) is 3.98. The molecule has 0 bridgehead atoms. The summed E-state index contributed by atoms with van der Waals surface area (Å²) >= 11 is 3.08. The third-order valence-corrected chi connectivity index (χ3v) is 5.09. The normalized spacial score (nSPS) is 10.4. The largest absolute Gasteiger partial charge is 0.458 e. The summed E-state index contributed by atoms with van der Waals surface area (Å²) in [6.45, 7) is 0.155. The number of hydrogen-bond acceptors (Lipinski definition) is 5. The van der Waals surface area contributed by atoms with Gasteiger partial charge in [-0.25, -0.2) is 0 Å². The molecule has 2 amide bonds. The molecule has 0 atom stereocenters. The third kappa shape index (κ3) is 4.32. The molecule has 25 heavy (non-hydrogen) atoms. The van der Waals surface area contributed by atoms with Crippen molar-refractivity contribution in [2.75, 3.05) is 11.6 Å². The minimum absolute atomic E-state index is 0.155. The van der Waals surface area contributed by atoms with Crippen LogP contribution in [-0.2, 0) is 16.1 Å². The molecule has 128 valence electrons. The second-order valence-electron chi connectivity index (χ2n) is 5.08. The van der Waals surface area contributed by atoms with Crippen molar-refractivity contribution in [2.24, 2.45) is 0 Å². The molecule has 5 nitrogen and oxygen atoms in total. The summed E-state index contributed by atoms with van der Waals surface area (Å²) in [6.07, 6.45) is 1.91. The second kappa shape index (κ2) is 8.04. The van der Waals surface area contributed by atoms with E-state index >= 15 is 0 Å². The quantitative estimate of drug-likeness (QED) is 0.525. The number of thiophene rings is 1. The van der Waals surface area contributed by atoms with Crippen molar-refractivity contribution in [3.05, 3.63) is 59.7 Å². The van der Waals surface area contributed by atoms with Crippen molar-refractivity contribution in [1.82, 2.24) is 5.32 Å². The summed E-state index contributed by atoms with van der Waals surface area (Å²) in [5, 5.41) is 7.16. The van der Waals surface area contributed by atoms with Gasteiger partial charge in [0.2, 0.25) is 0 Å². The van der Waals surface area contributed by atoms with Gasteiger partial charge in [0.25, 0.3) is 0 Å². The van der Waals surface area contributed by atoms with Crippen LogP contribution >= 0.6 is 23.1 Å². The molecule has 0 saturated carbocycles. The number of para-hydroxylation sites is 1. The third-order valence-electron chi connectivity index (χ3n) is 3.41. The van der Waals surface area contributed by atoms with E-state index in [4.69, 9.17) is 4.42 Å². The number of anilines is 1. The Kier molecular flexibility index (Phi) is 5.57. The lowest BCUT2D eigenvalue weighted by Crippen LogP contribution is -2.35. The van der Waals surface area contributed by atoms with E-state index < -0.39 is 11.8 Å². The lowest BCUT2D eigenvalue weighted by atomic mass is 10.3. The molecule has 3 aromatic rings. The first kappa shape index (κ1) is 17.3. The van der Waals surface area contributed by atoms with Crippen molar-refractivity contribution in [2.45, 2.75) is 11.4 Å². The average molecular weight is 372 g/mol. The molecule has 0 aliphatic heterocycles. The molecule has 0 fully saturated rings. The fraction of sp³-hybridized carbons (Fsp3) is 0.111. The zero-order chi connectivity index (χ0) is 17.6. The number of benzene rings is 1. The van der Waals surface area contributed by atoms with E-state index in [2.05, 4.69) is 10.6 Å². The number of amides is 2. The maximum atomic E-state index is 12.0. The standard InChI is InChI=1S/C18H16N2O3S2/c1-24-15-6-3-2-5-13(15)20-18(22)17(21)19-11-12-8-9-14(23-12)16-7-4-10-25-16/h2-10H,11H2,1H3,(H,19,21)(H,20,22). The van der Waals surface area contributed by atoms with Gasteiger partial charge in [-0.1, -0.05) is 18.2 Å². The highest BCUT2D eigenvalue weighted by atomic mass is 32.2. The lowest BCUT2D eigenvalue weighted by molar-refractivity contribution is -0.136. The Morgan fingerprint density at radius 2 is 1.92 bits per heavy atom. The first-order valence-electron chi connectivity index (χ1n) is 7.52. The van der Waals surface area contributed by atoms with Gasteiger partial charge in [0.1, 0.15) is 11.5 Å². The van der Waals surface area contributed by atoms with E-state index in [-0.39, 0.29) is 6.54 Å². The summed E-state index contributed by atoms with van der Waals surface area (Å²) in [5.74, 6) is -0.0665. The van der Waals surface area contributed by atoms with Gasteiger partial charge in [0.15, 0.2) is 0 Å². The summed E-state index contributed by atoms with van der Waals surface area (Å²) in [4.78, 5) is 25.9. The van der Waals surface area contributed by atoms with Crippen molar-refractivity contribution in [3.63, 3.8) is 0 Å². The molecule has 2 heterocycles. The van der Waals surface area contributed by atoms with Crippen LogP contribution in [0.1, 0.15) is 5.76 Å². The maximum Gasteiger partial charge on any atom is 0.313 e. The Bertz CT molecular complexity index is 872. The van der Waals surface area contributed by atoms with E-state index in [0.29, 0.717) is 11.4 Å². The molecule has 0 aliphatic rings. The Morgan fingerprint density at radius 3 is 2.68 bits per heavy atom. The monoisotopic (exact) mass is 372 g/mol. The van der Waals surface area contributed by atoms with Crippen LogP contribution < -0.4 is 10.6 Å². The van der Waals surface area contributed by atoms with Crippen LogP contribution in [0.15, 0.2) is 63.2 Å². The second-order valence-corrected chi connectivity index (χ2v) is 6.88. The number of thioether (sulfide) groups is 1. The Hall–Kier alpha value is -2.51. The fourth-order valence-corrected chi connectivity index (χ4v) is 3.44. The lowest BCUT2D eigenvalue weighted by Gasteiger charge is -2.08. The van der Waals surface area contributed by atoms with Gasteiger partial charge in [0, 0.05) is 4.90 Å². The minimum atomic E-state index is -0.704. The number of nitrogens with one attached hydrogen (secondary N) is 2. The molecule has 0 aliphatic carbocycles. The maximum absolute atomic E-state index is 12.0. The first-order valence-corrected chi connectivity index (χ1v) is 9.62. The molecule has 2 aromatic heterocycles. The Balaban J connectivity index is 1.56. The molecule has 0 spiro atoms. The number of carbonyl (C=O) groups is 2. The first-order chi connectivity index (χ1) is 12.2. The number of rotatable bonds is 5. The Labute approximate surface area is 153 Å². The van der Waals surface area contributed by atoms with Gasteiger partial charge in [0.05, 0.1) is 17.1 Å². The number of furan rings is 1. The summed E-state index contributed by atoms with van der Waals surface area (Å²) in [6, 6.07) is 14.9. The molecule has 0 radical (unpaired) electrons. The zero-order valence-electron chi connectivity index (χ0n) is 13.4. The molecular formula is C18H16N2O3S2. The average Bonchev–Trinajstić information content (AvgIpc) is 3.31. The fourth-order valence-electron chi connectivity index (χ4n) is 2.20. The van der Waals surface area contributed by atoms with Gasteiger partial charge in [-0.15, -0.1) is 23.1 Å². The molecule has 2 N–H and O–H groups in total. The van der Waals surface area contributed by atoms with Crippen molar-refractivity contribution < 1.29 is 14.0 Å². The highest BCUT2D eigenvalue weighted by Crippen LogP contribution is 2.26. The van der Waals surface area contributed by atoms with Gasteiger partial charge < -0.3 is 15.1 Å². The topological polar surface area (TPSA) is 71.3 Å². The van der Waals surface area contributed by atoms with Crippen LogP contribution in [0.5, 0.6) is 0 Å². The summed E-state index contributed by atoms with van der Waals surface area (Å²) in [7, 11) is 0. The van der Waals surface area contributed by atoms with Crippen LogP contribution in [0.3, 0.4) is 0 Å². The molecule has 0 unspecified atom stereocenters. The van der Waals surface area contributed by atoms with Crippen molar-refractivity contribution in [1.29, 1.82) is 0 Å². The minimum Gasteiger partial charge on any atom is -0.458 e. The van der Waals surface area contributed by atoms with E-state index in [0.717, 1.165) is 15.5 Å². The SMILES string of the molecule is CSc1ccccc1NC(=O)C(=O)NCc1ccc(-c2cccs2)o1. The van der Waals surface area contributed by atoms with Crippen LogP contribution in [0.25, 0.3) is 10.6 Å². The number of carbonyl (C=O) groups excluding carboxylic acids is 2.